The van der Waals surface area contributed by atoms with E-state index < -0.39 is 0 Å². The molecule has 0 unspecified atom stereocenters. The van der Waals surface area contributed by atoms with Crippen LogP contribution in [0.5, 0.6) is 5.75 Å². The topological polar surface area (TPSA) is 67.5 Å². The fourth-order valence-electron chi connectivity index (χ4n) is 2.81. The molecule has 3 rings (SSSR count). The van der Waals surface area contributed by atoms with Crippen molar-refractivity contribution in [1.29, 1.82) is 0 Å². The Balaban J connectivity index is 1.62. The Labute approximate surface area is 141 Å². The summed E-state index contributed by atoms with van der Waals surface area (Å²) in [6.07, 6.45) is 0.702. The van der Waals surface area contributed by atoms with Crippen LogP contribution in [0.1, 0.15) is 11.4 Å². The van der Waals surface area contributed by atoms with Crippen LogP contribution in [0.2, 0.25) is 0 Å². The van der Waals surface area contributed by atoms with Crippen molar-refractivity contribution in [3.8, 4) is 5.75 Å². The van der Waals surface area contributed by atoms with Gasteiger partial charge in [-0.05, 0) is 6.07 Å². The molecule has 2 N–H and O–H groups in total. The van der Waals surface area contributed by atoms with Crippen molar-refractivity contribution in [2.45, 2.75) is 6.42 Å². The smallest absolute Gasteiger partial charge is 0.205 e. The van der Waals surface area contributed by atoms with Crippen LogP contribution in [-0.2, 0) is 6.42 Å². The van der Waals surface area contributed by atoms with E-state index in [1.807, 2.05) is 18.2 Å². The Bertz CT molecular complexity index is 624. The number of aromatic nitrogens is 2. The van der Waals surface area contributed by atoms with E-state index in [0.717, 1.165) is 61.5 Å². The molecule has 0 saturated carbocycles. The highest BCUT2D eigenvalue weighted by molar-refractivity contribution is 7.09. The van der Waals surface area contributed by atoms with Crippen molar-refractivity contribution in [1.82, 2.24) is 14.3 Å². The highest BCUT2D eigenvalue weighted by Gasteiger charge is 2.19. The molecule has 0 radical (unpaired) electrons. The number of ether oxygens (including phenoxy) is 1. The second-order valence-electron chi connectivity index (χ2n) is 5.60. The molecular formula is C16H23N5OS. The molecule has 1 aliphatic heterocycles. The van der Waals surface area contributed by atoms with E-state index in [1.165, 1.54) is 11.5 Å². The van der Waals surface area contributed by atoms with Crippen molar-refractivity contribution in [2.24, 2.45) is 5.73 Å². The Morgan fingerprint density at radius 3 is 2.74 bits per heavy atom. The maximum Gasteiger partial charge on any atom is 0.205 e. The Hall–Kier alpha value is -1.70. The first kappa shape index (κ1) is 16.2. The lowest BCUT2D eigenvalue weighted by Gasteiger charge is -2.33. The summed E-state index contributed by atoms with van der Waals surface area (Å²) in [5.41, 5.74) is 6.74. The number of benzene rings is 1. The molecule has 0 amide bonds. The van der Waals surface area contributed by atoms with Crippen molar-refractivity contribution < 1.29 is 4.74 Å². The summed E-state index contributed by atoms with van der Waals surface area (Å²) in [4.78, 5) is 9.42. The molecule has 1 aromatic heterocycles. The quantitative estimate of drug-likeness (QED) is 0.857. The molecule has 0 atom stereocenters. The monoisotopic (exact) mass is 333 g/mol. The number of methoxy groups -OCH3 is 1. The Morgan fingerprint density at radius 1 is 1.22 bits per heavy atom. The van der Waals surface area contributed by atoms with Gasteiger partial charge in [0, 0.05) is 62.8 Å². The van der Waals surface area contributed by atoms with E-state index in [0.29, 0.717) is 6.42 Å². The van der Waals surface area contributed by atoms with E-state index in [9.17, 15) is 0 Å². The predicted molar refractivity (Wildman–Crippen MR) is 93.4 cm³/mol. The Kier molecular flexibility index (Phi) is 5.43. The fourth-order valence-corrected chi connectivity index (χ4v) is 3.55. The largest absolute Gasteiger partial charge is 0.496 e. The molecular weight excluding hydrogens is 310 g/mol. The average Bonchev–Trinajstić information content (AvgIpc) is 3.05. The summed E-state index contributed by atoms with van der Waals surface area (Å²) in [6, 6.07) is 8.02. The van der Waals surface area contributed by atoms with Crippen LogP contribution in [-0.4, -0.2) is 60.6 Å². The zero-order valence-electron chi connectivity index (χ0n) is 13.4. The number of nitrogens with two attached hydrogens (primary N) is 1. The summed E-state index contributed by atoms with van der Waals surface area (Å²) >= 11 is 1.48. The summed E-state index contributed by atoms with van der Waals surface area (Å²) < 4.78 is 9.91. The summed E-state index contributed by atoms with van der Waals surface area (Å²) in [6.45, 7) is 5.76. The van der Waals surface area contributed by atoms with Crippen LogP contribution in [0.4, 0.5) is 5.13 Å². The maximum atomic E-state index is 5.62. The minimum absolute atomic E-state index is 0.702. The highest BCUT2D eigenvalue weighted by Crippen LogP contribution is 2.23. The number of para-hydroxylation sites is 1. The van der Waals surface area contributed by atoms with Crippen molar-refractivity contribution >= 4 is 16.7 Å². The van der Waals surface area contributed by atoms with E-state index in [2.05, 4.69) is 20.2 Å². The van der Waals surface area contributed by atoms with Crippen molar-refractivity contribution in [3.05, 3.63) is 35.7 Å². The number of hydrogen-bond donors (Lipinski definition) is 1. The highest BCUT2D eigenvalue weighted by atomic mass is 32.1. The lowest BCUT2D eigenvalue weighted by atomic mass is 10.1. The SMILES string of the molecule is COc1ccccc1Cc1nsc(N2CCN(CCN)CC2)n1. The van der Waals surface area contributed by atoms with Crippen LogP contribution < -0.4 is 15.4 Å². The van der Waals surface area contributed by atoms with Gasteiger partial charge < -0.3 is 15.4 Å². The number of piperazine rings is 1. The van der Waals surface area contributed by atoms with Gasteiger partial charge in [0.2, 0.25) is 5.13 Å². The van der Waals surface area contributed by atoms with Gasteiger partial charge in [-0.25, -0.2) is 4.98 Å². The number of anilines is 1. The van der Waals surface area contributed by atoms with Crippen LogP contribution >= 0.6 is 11.5 Å². The molecule has 1 aliphatic rings. The second kappa shape index (κ2) is 7.72. The molecule has 0 spiro atoms. The third-order valence-electron chi connectivity index (χ3n) is 4.09. The third kappa shape index (κ3) is 3.99. The average molecular weight is 333 g/mol. The van der Waals surface area contributed by atoms with Crippen molar-refractivity contribution in [3.63, 3.8) is 0 Å². The zero-order chi connectivity index (χ0) is 16.1. The molecule has 2 heterocycles. The minimum Gasteiger partial charge on any atom is -0.496 e. The van der Waals surface area contributed by atoms with Gasteiger partial charge in [-0.3, -0.25) is 4.90 Å². The van der Waals surface area contributed by atoms with Gasteiger partial charge >= 0.3 is 0 Å². The van der Waals surface area contributed by atoms with Gasteiger partial charge in [-0.2, -0.15) is 4.37 Å². The van der Waals surface area contributed by atoms with Crippen LogP contribution in [0, 0.1) is 0 Å². The fraction of sp³-hybridized carbons (Fsp3) is 0.500. The maximum absolute atomic E-state index is 5.62. The first-order chi connectivity index (χ1) is 11.3. The summed E-state index contributed by atoms with van der Waals surface area (Å²) in [7, 11) is 1.69. The standard InChI is InChI=1S/C16H23N5OS/c1-22-14-5-3-2-4-13(14)12-15-18-16(23-19-15)21-10-8-20(7-6-17)9-11-21/h2-5H,6-12,17H2,1H3. The second-order valence-corrected chi connectivity index (χ2v) is 6.33. The molecule has 0 bridgehead atoms. The van der Waals surface area contributed by atoms with E-state index in [1.54, 1.807) is 7.11 Å². The number of hydrogen-bond acceptors (Lipinski definition) is 7. The molecule has 1 saturated heterocycles. The molecule has 0 aliphatic carbocycles. The van der Waals surface area contributed by atoms with Gasteiger partial charge in [0.25, 0.3) is 0 Å². The van der Waals surface area contributed by atoms with Gasteiger partial charge in [-0.1, -0.05) is 18.2 Å². The molecule has 1 fully saturated rings. The van der Waals surface area contributed by atoms with E-state index >= 15 is 0 Å². The van der Waals surface area contributed by atoms with Crippen LogP contribution in [0.15, 0.2) is 24.3 Å². The third-order valence-corrected chi connectivity index (χ3v) is 4.90. The van der Waals surface area contributed by atoms with Gasteiger partial charge in [0.1, 0.15) is 11.6 Å². The summed E-state index contributed by atoms with van der Waals surface area (Å²) in [5, 5.41) is 1.02. The number of rotatable bonds is 6. The minimum atomic E-state index is 0.702. The number of nitrogens with zero attached hydrogens (tertiary/aromatic N) is 4. The molecule has 124 valence electrons. The normalized spacial score (nSPS) is 15.8. The predicted octanol–water partition coefficient (Wildman–Crippen LogP) is 1.22. The lowest BCUT2D eigenvalue weighted by Crippen LogP contribution is -2.47. The van der Waals surface area contributed by atoms with Crippen molar-refractivity contribution in [2.75, 3.05) is 51.3 Å². The molecule has 23 heavy (non-hydrogen) atoms. The van der Waals surface area contributed by atoms with Gasteiger partial charge in [-0.15, -0.1) is 0 Å². The lowest BCUT2D eigenvalue weighted by molar-refractivity contribution is 0.265. The van der Waals surface area contributed by atoms with E-state index in [4.69, 9.17) is 15.5 Å². The molecule has 2 aromatic rings. The zero-order valence-corrected chi connectivity index (χ0v) is 14.3. The molecule has 1 aromatic carbocycles. The van der Waals surface area contributed by atoms with E-state index in [-0.39, 0.29) is 0 Å². The first-order valence-corrected chi connectivity index (χ1v) is 8.69. The molecule has 6 nitrogen and oxygen atoms in total. The van der Waals surface area contributed by atoms with Crippen LogP contribution in [0.25, 0.3) is 0 Å². The van der Waals surface area contributed by atoms with Crippen LogP contribution in [0.3, 0.4) is 0 Å². The molecule has 7 heteroatoms. The Morgan fingerprint density at radius 2 is 2.00 bits per heavy atom. The summed E-state index contributed by atoms with van der Waals surface area (Å²) in [5.74, 6) is 1.75. The first-order valence-electron chi connectivity index (χ1n) is 7.92. The van der Waals surface area contributed by atoms with Gasteiger partial charge in [0.15, 0.2) is 0 Å². The van der Waals surface area contributed by atoms with Gasteiger partial charge in [0.05, 0.1) is 7.11 Å².